The van der Waals surface area contributed by atoms with Crippen LogP contribution in [0.3, 0.4) is 0 Å². The number of hydrogen-bond donors (Lipinski definition) is 1. The van der Waals surface area contributed by atoms with Gasteiger partial charge in [0.2, 0.25) is 0 Å². The van der Waals surface area contributed by atoms with Crippen molar-refractivity contribution in [1.29, 1.82) is 0 Å². The summed E-state index contributed by atoms with van der Waals surface area (Å²) in [4.78, 5) is 45.5. The van der Waals surface area contributed by atoms with Crippen LogP contribution in [-0.2, 0) is 33.5 Å². The van der Waals surface area contributed by atoms with Gasteiger partial charge >= 0.3 is 12.1 Å². The molecule has 1 atom stereocenters. The Morgan fingerprint density at radius 1 is 0.953 bits per heavy atom. The maximum Gasteiger partial charge on any atom is 0.415 e. The molecule has 0 saturated heterocycles. The summed E-state index contributed by atoms with van der Waals surface area (Å²) in [6.07, 6.45) is 2.15. The monoisotopic (exact) mass is 647 g/mol. The first-order valence-corrected chi connectivity index (χ1v) is 15.6. The van der Waals surface area contributed by atoms with Gasteiger partial charge in [-0.05, 0) is 102 Å². The lowest BCUT2D eigenvalue weighted by atomic mass is 10.1. The lowest BCUT2D eigenvalue weighted by Gasteiger charge is -2.24. The summed E-state index contributed by atoms with van der Waals surface area (Å²) < 4.78 is 11.0. The quantitative estimate of drug-likeness (QED) is 0.227. The number of nitrogens with one attached hydrogen (secondary N) is 1. The topological polar surface area (TPSA) is 97.8 Å². The fraction of sp³-hybridized carbons (Fsp3) is 0.438. The lowest BCUT2D eigenvalue weighted by molar-refractivity contribution is -0.157. The zero-order chi connectivity index (χ0) is 31.9. The van der Waals surface area contributed by atoms with E-state index in [0.717, 1.165) is 35.4 Å². The molecule has 2 heterocycles. The van der Waals surface area contributed by atoms with Crippen LogP contribution in [0.15, 0.2) is 47.8 Å². The smallest absolute Gasteiger partial charge is 0.415 e. The Kier molecular flexibility index (Phi) is 11.6. The van der Waals surface area contributed by atoms with Gasteiger partial charge in [0.05, 0.1) is 15.6 Å². The average Bonchev–Trinajstić information content (AvgIpc) is 3.33. The number of esters is 1. The third-order valence-corrected chi connectivity index (χ3v) is 7.64. The summed E-state index contributed by atoms with van der Waals surface area (Å²) in [6, 6.07) is 11.5. The van der Waals surface area contributed by atoms with Crippen molar-refractivity contribution in [1.82, 2.24) is 10.3 Å². The summed E-state index contributed by atoms with van der Waals surface area (Å²) in [5.41, 5.74) is 0.779. The normalized spacial score (nSPS) is 12.4. The van der Waals surface area contributed by atoms with Crippen molar-refractivity contribution in [3.05, 3.63) is 79.6 Å². The molecule has 0 aliphatic rings. The molecule has 0 fully saturated rings. The van der Waals surface area contributed by atoms with Gasteiger partial charge in [0.25, 0.3) is 5.91 Å². The van der Waals surface area contributed by atoms with Gasteiger partial charge in [-0.15, -0.1) is 11.3 Å². The lowest BCUT2D eigenvalue weighted by Crippen LogP contribution is -2.45. The number of carbonyl (C=O) groups is 3. The number of pyridine rings is 1. The van der Waals surface area contributed by atoms with Crippen molar-refractivity contribution in [2.24, 2.45) is 0 Å². The molecule has 2 aromatic heterocycles. The average molecular weight is 649 g/mol. The molecule has 3 rings (SSSR count). The fourth-order valence-corrected chi connectivity index (χ4v) is 5.61. The molecule has 0 bridgehead atoms. The molecule has 0 spiro atoms. The minimum Gasteiger partial charge on any atom is -0.458 e. The van der Waals surface area contributed by atoms with E-state index in [4.69, 9.17) is 32.7 Å². The zero-order valence-electron chi connectivity index (χ0n) is 25.6. The van der Waals surface area contributed by atoms with Gasteiger partial charge in [0.1, 0.15) is 23.1 Å². The van der Waals surface area contributed by atoms with Gasteiger partial charge in [-0.1, -0.05) is 35.3 Å². The Balaban J connectivity index is 1.64. The molecule has 1 aromatic carbocycles. The molecule has 0 radical (unpaired) electrons. The number of ether oxygens (including phenoxy) is 2. The molecule has 2 amide bonds. The van der Waals surface area contributed by atoms with Gasteiger partial charge in [-0.3, -0.25) is 9.69 Å². The highest BCUT2D eigenvalue weighted by atomic mass is 35.5. The second-order valence-electron chi connectivity index (χ2n) is 12.2. The third-order valence-electron chi connectivity index (χ3n) is 6.00. The number of halogens is 2. The number of benzene rings is 1. The highest BCUT2D eigenvalue weighted by molar-refractivity contribution is 7.10. The van der Waals surface area contributed by atoms with Crippen molar-refractivity contribution in [2.75, 3.05) is 11.9 Å². The minimum absolute atomic E-state index is 0.112. The van der Waals surface area contributed by atoms with Crippen LogP contribution in [0.1, 0.15) is 74.5 Å². The van der Waals surface area contributed by atoms with Crippen molar-refractivity contribution in [3.8, 4) is 0 Å². The number of nitrogens with zero attached hydrogens (tertiary/aromatic N) is 2. The number of anilines is 1. The first-order chi connectivity index (χ1) is 20.0. The predicted molar refractivity (Wildman–Crippen MR) is 172 cm³/mol. The third kappa shape index (κ3) is 10.8. The van der Waals surface area contributed by atoms with E-state index in [1.807, 2.05) is 44.4 Å². The van der Waals surface area contributed by atoms with Crippen molar-refractivity contribution < 1.29 is 23.9 Å². The maximum absolute atomic E-state index is 13.1. The van der Waals surface area contributed by atoms with Crippen LogP contribution < -0.4 is 10.2 Å². The molecule has 0 aliphatic carbocycles. The van der Waals surface area contributed by atoms with Crippen LogP contribution in [0, 0.1) is 0 Å². The molecule has 1 N–H and O–H groups in total. The highest BCUT2D eigenvalue weighted by Crippen LogP contribution is 2.25. The first kappa shape index (κ1) is 34.4. The molecular weight excluding hydrogens is 609 g/mol. The number of hydrogen-bond acceptors (Lipinski definition) is 7. The van der Waals surface area contributed by atoms with Gasteiger partial charge in [-0.2, -0.15) is 0 Å². The largest absolute Gasteiger partial charge is 0.458 e. The SMILES string of the molecule is CN(C(=O)OC(C)(C)C)c1cccc(CCCc2csc(CC(NC(=O)c3c(Cl)cccc3Cl)C(=O)OC(C)(C)C)c2)n1. The number of carbonyl (C=O) groups excluding carboxylic acids is 3. The molecule has 1 unspecified atom stereocenters. The van der Waals surface area contributed by atoms with Gasteiger partial charge in [0.15, 0.2) is 0 Å². The summed E-state index contributed by atoms with van der Waals surface area (Å²) >= 11 is 14.0. The van der Waals surface area contributed by atoms with Gasteiger partial charge in [-0.25, -0.2) is 14.6 Å². The van der Waals surface area contributed by atoms with E-state index in [1.54, 1.807) is 52.1 Å². The van der Waals surface area contributed by atoms with Crippen molar-refractivity contribution in [2.45, 2.75) is 84.5 Å². The number of aromatic nitrogens is 1. The van der Waals surface area contributed by atoms with Crippen LogP contribution in [0.25, 0.3) is 0 Å². The molecule has 0 saturated carbocycles. The van der Waals surface area contributed by atoms with E-state index >= 15 is 0 Å². The zero-order valence-corrected chi connectivity index (χ0v) is 28.0. The Morgan fingerprint density at radius 3 is 2.21 bits per heavy atom. The Labute approximate surface area is 267 Å². The minimum atomic E-state index is -0.931. The fourth-order valence-electron chi connectivity index (χ4n) is 4.07. The van der Waals surface area contributed by atoms with Gasteiger partial charge in [0, 0.05) is 24.0 Å². The predicted octanol–water partition coefficient (Wildman–Crippen LogP) is 7.68. The molecule has 0 aliphatic heterocycles. The van der Waals surface area contributed by atoms with Gasteiger partial charge < -0.3 is 14.8 Å². The maximum atomic E-state index is 13.1. The van der Waals surface area contributed by atoms with E-state index in [-0.39, 0.29) is 22.0 Å². The number of thiophene rings is 1. The molecule has 3 aromatic rings. The molecule has 11 heteroatoms. The van der Waals surface area contributed by atoms with E-state index in [2.05, 4.69) is 10.3 Å². The van der Waals surface area contributed by atoms with E-state index < -0.39 is 35.2 Å². The number of amides is 2. The van der Waals surface area contributed by atoms with Crippen LogP contribution in [0.2, 0.25) is 10.0 Å². The Bertz CT molecular complexity index is 1420. The standard InChI is InChI=1S/C32H39Cl2N3O5S/c1-31(2,3)41-29(39)25(36-28(38)27-23(33)14-10-15-24(27)34)18-22-17-20(19-43-22)11-8-12-21-13-9-16-26(35-21)37(7)30(40)42-32(4,5)6/h9-10,13-17,19,25H,8,11-12,18H2,1-7H3,(H,36,38). The van der Waals surface area contributed by atoms with E-state index in [1.165, 1.54) is 16.2 Å². The van der Waals surface area contributed by atoms with Crippen LogP contribution in [0.5, 0.6) is 0 Å². The molecular formula is C32H39Cl2N3O5S. The Hall–Kier alpha value is -3.14. The van der Waals surface area contributed by atoms with E-state index in [0.29, 0.717) is 5.82 Å². The molecule has 232 valence electrons. The number of rotatable bonds is 10. The van der Waals surface area contributed by atoms with Crippen LogP contribution in [-0.4, -0.2) is 47.2 Å². The van der Waals surface area contributed by atoms with Crippen LogP contribution >= 0.6 is 34.5 Å². The summed E-state index contributed by atoms with van der Waals surface area (Å²) in [5, 5.41) is 5.22. The van der Waals surface area contributed by atoms with Crippen LogP contribution in [0.4, 0.5) is 10.6 Å². The highest BCUT2D eigenvalue weighted by Gasteiger charge is 2.29. The summed E-state index contributed by atoms with van der Waals surface area (Å²) in [5.74, 6) is -0.561. The first-order valence-electron chi connectivity index (χ1n) is 14.0. The number of aryl methyl sites for hydroxylation is 2. The summed E-state index contributed by atoms with van der Waals surface area (Å²) in [7, 11) is 1.64. The van der Waals surface area contributed by atoms with Crippen molar-refractivity contribution >= 4 is 58.3 Å². The second-order valence-corrected chi connectivity index (χ2v) is 14.0. The Morgan fingerprint density at radius 2 is 1.58 bits per heavy atom. The summed E-state index contributed by atoms with van der Waals surface area (Å²) in [6.45, 7) is 10.8. The van der Waals surface area contributed by atoms with Crippen molar-refractivity contribution in [3.63, 3.8) is 0 Å². The second kappa shape index (κ2) is 14.6. The van der Waals surface area contributed by atoms with E-state index in [9.17, 15) is 14.4 Å². The molecule has 8 nitrogen and oxygen atoms in total. The molecule has 43 heavy (non-hydrogen) atoms.